The maximum atomic E-state index is 12.0. The summed E-state index contributed by atoms with van der Waals surface area (Å²) in [5.74, 6) is 0. The second kappa shape index (κ2) is 6.56. The molecule has 2 atom stereocenters. The van der Waals surface area contributed by atoms with Crippen LogP contribution in [0.3, 0.4) is 0 Å². The molecular weight excluding hydrogens is 300 g/mol. The average Bonchev–Trinajstić information content (AvgIpc) is 3.06. The van der Waals surface area contributed by atoms with Gasteiger partial charge in [0.05, 0.1) is 0 Å². The minimum Gasteiger partial charge on any atom is -0.444 e. The second-order valence-electron chi connectivity index (χ2n) is 7.04. The molecule has 0 saturated carbocycles. The number of ether oxygens (including phenoxy) is 1. The summed E-state index contributed by atoms with van der Waals surface area (Å²) >= 11 is 1.55. The van der Waals surface area contributed by atoms with Crippen LogP contribution in [0.15, 0.2) is 17.5 Å². The van der Waals surface area contributed by atoms with Crippen LogP contribution in [-0.2, 0) is 10.3 Å². The molecule has 6 heteroatoms. The van der Waals surface area contributed by atoms with Crippen molar-refractivity contribution in [1.29, 1.82) is 0 Å². The standard InChI is InChI=1S/C16H26N2O3S/c1-15(2,3)21-14(19)18-8-7-12(10-18)17-11-16(4,20)13-6-5-9-22-13/h5-6,9,12,17,20H,7-8,10-11H2,1-4H3. The van der Waals surface area contributed by atoms with E-state index in [0.717, 1.165) is 11.3 Å². The van der Waals surface area contributed by atoms with Crippen LogP contribution in [0.1, 0.15) is 39.0 Å². The van der Waals surface area contributed by atoms with Gasteiger partial charge >= 0.3 is 6.09 Å². The van der Waals surface area contributed by atoms with Crippen molar-refractivity contribution in [2.24, 2.45) is 0 Å². The van der Waals surface area contributed by atoms with Crippen LogP contribution in [0.4, 0.5) is 4.79 Å². The number of hydrogen-bond acceptors (Lipinski definition) is 5. The number of carbonyl (C=O) groups excluding carboxylic acids is 1. The van der Waals surface area contributed by atoms with Crippen molar-refractivity contribution < 1.29 is 14.6 Å². The lowest BCUT2D eigenvalue weighted by molar-refractivity contribution is 0.0287. The van der Waals surface area contributed by atoms with Gasteiger partial charge in [0, 0.05) is 30.6 Å². The number of nitrogens with one attached hydrogen (secondary N) is 1. The van der Waals surface area contributed by atoms with Gasteiger partial charge in [-0.1, -0.05) is 6.07 Å². The third kappa shape index (κ3) is 4.69. The molecule has 1 saturated heterocycles. The van der Waals surface area contributed by atoms with Crippen LogP contribution in [0.2, 0.25) is 0 Å². The highest BCUT2D eigenvalue weighted by molar-refractivity contribution is 7.10. The largest absolute Gasteiger partial charge is 0.444 e. The smallest absolute Gasteiger partial charge is 0.410 e. The van der Waals surface area contributed by atoms with Crippen molar-refractivity contribution in [2.45, 2.75) is 51.4 Å². The zero-order valence-electron chi connectivity index (χ0n) is 13.8. The Morgan fingerprint density at radius 1 is 1.50 bits per heavy atom. The van der Waals surface area contributed by atoms with E-state index < -0.39 is 11.2 Å². The Balaban J connectivity index is 1.80. The highest BCUT2D eigenvalue weighted by Crippen LogP contribution is 2.25. The van der Waals surface area contributed by atoms with E-state index in [2.05, 4.69) is 5.32 Å². The molecule has 1 aliphatic heterocycles. The summed E-state index contributed by atoms with van der Waals surface area (Å²) < 4.78 is 5.39. The van der Waals surface area contributed by atoms with Gasteiger partial charge in [-0.25, -0.2) is 4.79 Å². The second-order valence-corrected chi connectivity index (χ2v) is 7.99. The van der Waals surface area contributed by atoms with Crippen molar-refractivity contribution >= 4 is 17.4 Å². The number of amides is 1. The van der Waals surface area contributed by atoms with Crippen LogP contribution in [0.25, 0.3) is 0 Å². The third-order valence-electron chi connectivity index (χ3n) is 3.63. The Morgan fingerprint density at radius 2 is 2.23 bits per heavy atom. The first-order valence-corrected chi connectivity index (χ1v) is 8.53. The number of carbonyl (C=O) groups is 1. The predicted octanol–water partition coefficient (Wildman–Crippen LogP) is 2.55. The van der Waals surface area contributed by atoms with E-state index in [9.17, 15) is 9.90 Å². The molecule has 1 fully saturated rings. The molecule has 1 aliphatic rings. The lowest BCUT2D eigenvalue weighted by atomic mass is 10.0. The van der Waals surface area contributed by atoms with Gasteiger partial charge in [0.2, 0.25) is 0 Å². The summed E-state index contributed by atoms with van der Waals surface area (Å²) in [5, 5.41) is 15.8. The van der Waals surface area contributed by atoms with E-state index in [1.165, 1.54) is 0 Å². The maximum Gasteiger partial charge on any atom is 0.410 e. The number of thiophene rings is 1. The SMILES string of the molecule is CC(C)(C)OC(=O)N1CCC(NCC(C)(O)c2cccs2)C1. The zero-order chi connectivity index (χ0) is 16.4. The Bertz CT molecular complexity index is 494. The fourth-order valence-corrected chi connectivity index (χ4v) is 3.22. The van der Waals surface area contributed by atoms with Gasteiger partial charge in [0.15, 0.2) is 0 Å². The first-order valence-electron chi connectivity index (χ1n) is 7.65. The van der Waals surface area contributed by atoms with Gasteiger partial charge in [0.1, 0.15) is 11.2 Å². The average molecular weight is 326 g/mol. The highest BCUT2D eigenvalue weighted by atomic mass is 32.1. The van der Waals surface area contributed by atoms with Crippen molar-refractivity contribution in [1.82, 2.24) is 10.2 Å². The molecule has 22 heavy (non-hydrogen) atoms. The number of hydrogen-bond donors (Lipinski definition) is 2. The third-order valence-corrected chi connectivity index (χ3v) is 4.75. The quantitative estimate of drug-likeness (QED) is 0.893. The van der Waals surface area contributed by atoms with Crippen molar-refractivity contribution in [2.75, 3.05) is 19.6 Å². The summed E-state index contributed by atoms with van der Waals surface area (Å²) in [6.45, 7) is 9.20. The topological polar surface area (TPSA) is 61.8 Å². The number of likely N-dealkylation sites (tertiary alicyclic amines) is 1. The van der Waals surface area contributed by atoms with Crippen molar-refractivity contribution in [3.8, 4) is 0 Å². The predicted molar refractivity (Wildman–Crippen MR) is 88.1 cm³/mol. The fraction of sp³-hybridized carbons (Fsp3) is 0.688. The molecule has 0 radical (unpaired) electrons. The summed E-state index contributed by atoms with van der Waals surface area (Å²) in [7, 11) is 0. The molecule has 2 unspecified atom stereocenters. The number of aliphatic hydroxyl groups is 1. The minimum atomic E-state index is -0.881. The summed E-state index contributed by atoms with van der Waals surface area (Å²) in [6, 6.07) is 4.07. The fourth-order valence-electron chi connectivity index (χ4n) is 2.43. The molecule has 2 N–H and O–H groups in total. The van der Waals surface area contributed by atoms with E-state index >= 15 is 0 Å². The molecule has 1 aromatic rings. The molecule has 2 rings (SSSR count). The maximum absolute atomic E-state index is 12.0. The summed E-state index contributed by atoms with van der Waals surface area (Å²) in [5.41, 5.74) is -1.35. The van der Waals surface area contributed by atoms with Crippen molar-refractivity contribution in [3.63, 3.8) is 0 Å². The van der Waals surface area contributed by atoms with Gasteiger partial charge in [-0.2, -0.15) is 0 Å². The lowest BCUT2D eigenvalue weighted by Gasteiger charge is -2.26. The summed E-state index contributed by atoms with van der Waals surface area (Å²) in [4.78, 5) is 14.7. The molecule has 2 heterocycles. The Kier molecular flexibility index (Phi) is 5.14. The van der Waals surface area contributed by atoms with Crippen LogP contribution < -0.4 is 5.32 Å². The van der Waals surface area contributed by atoms with Gasteiger partial charge in [0.25, 0.3) is 0 Å². The van der Waals surface area contributed by atoms with E-state index in [1.54, 1.807) is 16.2 Å². The minimum absolute atomic E-state index is 0.193. The van der Waals surface area contributed by atoms with E-state index in [0.29, 0.717) is 19.6 Å². The molecule has 1 amide bonds. The molecule has 0 spiro atoms. The van der Waals surface area contributed by atoms with Crippen molar-refractivity contribution in [3.05, 3.63) is 22.4 Å². The van der Waals surface area contributed by atoms with Gasteiger partial charge in [-0.15, -0.1) is 11.3 Å². The molecule has 5 nitrogen and oxygen atoms in total. The van der Waals surface area contributed by atoms with E-state index in [4.69, 9.17) is 4.74 Å². The first kappa shape index (κ1) is 17.2. The van der Waals surface area contributed by atoms with Crippen LogP contribution >= 0.6 is 11.3 Å². The number of rotatable bonds is 4. The normalized spacial score (nSPS) is 21.7. The molecule has 124 valence electrons. The van der Waals surface area contributed by atoms with Crippen LogP contribution in [0.5, 0.6) is 0 Å². The molecule has 0 aliphatic carbocycles. The van der Waals surface area contributed by atoms with Crippen LogP contribution in [-0.4, -0.2) is 47.4 Å². The Labute approximate surface area is 136 Å². The number of nitrogens with zero attached hydrogens (tertiary/aromatic N) is 1. The van der Waals surface area contributed by atoms with Gasteiger partial charge in [-0.3, -0.25) is 0 Å². The lowest BCUT2D eigenvalue weighted by Crippen LogP contribution is -2.43. The molecule has 0 bridgehead atoms. The molecule has 1 aromatic heterocycles. The first-order chi connectivity index (χ1) is 10.2. The van der Waals surface area contributed by atoms with Gasteiger partial charge < -0.3 is 20.1 Å². The Hall–Kier alpha value is -1.11. The Morgan fingerprint density at radius 3 is 2.82 bits per heavy atom. The highest BCUT2D eigenvalue weighted by Gasteiger charge is 2.31. The summed E-state index contributed by atoms with van der Waals surface area (Å²) in [6.07, 6.45) is 0.613. The van der Waals surface area contributed by atoms with E-state index in [1.807, 2.05) is 45.2 Å². The zero-order valence-corrected chi connectivity index (χ0v) is 14.6. The van der Waals surface area contributed by atoms with Gasteiger partial charge in [-0.05, 0) is 45.6 Å². The van der Waals surface area contributed by atoms with E-state index in [-0.39, 0.29) is 12.1 Å². The van der Waals surface area contributed by atoms with Crippen LogP contribution in [0, 0.1) is 0 Å². The molecular formula is C16H26N2O3S. The molecule has 0 aromatic carbocycles. The monoisotopic (exact) mass is 326 g/mol.